The van der Waals surface area contributed by atoms with Gasteiger partial charge in [-0.3, -0.25) is 0 Å². The van der Waals surface area contributed by atoms with Crippen molar-refractivity contribution < 1.29 is 9.90 Å². The van der Waals surface area contributed by atoms with E-state index >= 15 is 0 Å². The van der Waals surface area contributed by atoms with Crippen LogP contribution >= 0.6 is 0 Å². The normalized spacial score (nSPS) is 19.6. The van der Waals surface area contributed by atoms with E-state index in [1.54, 1.807) is 12.1 Å². The zero-order valence-corrected chi connectivity index (χ0v) is 10.0. The number of carboxylic acids is 1. The van der Waals surface area contributed by atoms with E-state index in [1.165, 1.54) is 12.8 Å². The summed E-state index contributed by atoms with van der Waals surface area (Å²) in [7, 11) is 0. The summed E-state index contributed by atoms with van der Waals surface area (Å²) in [5.41, 5.74) is 7.16. The molecule has 3 N–H and O–H groups in total. The molecular weight excluding hydrogens is 216 g/mol. The maximum atomic E-state index is 11.0. The van der Waals surface area contributed by atoms with E-state index in [9.17, 15) is 4.79 Å². The van der Waals surface area contributed by atoms with Crippen LogP contribution in [0.15, 0.2) is 18.2 Å². The first-order valence-corrected chi connectivity index (χ1v) is 6.03. The van der Waals surface area contributed by atoms with Crippen LogP contribution < -0.4 is 10.6 Å². The second kappa shape index (κ2) is 4.65. The molecular formula is C13H18N2O2. The SMILES string of the molecule is CCC1CCCN1c1ccc(N)c(C(=O)O)c1. The largest absolute Gasteiger partial charge is 0.478 e. The average molecular weight is 234 g/mol. The lowest BCUT2D eigenvalue weighted by Crippen LogP contribution is -2.28. The van der Waals surface area contributed by atoms with E-state index < -0.39 is 5.97 Å². The lowest BCUT2D eigenvalue weighted by molar-refractivity contribution is 0.0698. The second-order valence-corrected chi connectivity index (χ2v) is 4.47. The molecule has 1 atom stereocenters. The Hall–Kier alpha value is -1.71. The van der Waals surface area contributed by atoms with Crippen LogP contribution in [0.2, 0.25) is 0 Å². The smallest absolute Gasteiger partial charge is 0.337 e. The third kappa shape index (κ3) is 2.20. The van der Waals surface area contributed by atoms with Gasteiger partial charge in [-0.25, -0.2) is 4.79 Å². The number of carboxylic acid groups (broad SMARTS) is 1. The molecule has 1 aromatic rings. The molecule has 0 saturated carbocycles. The molecule has 1 aromatic carbocycles. The summed E-state index contributed by atoms with van der Waals surface area (Å²) in [5.74, 6) is -0.961. The van der Waals surface area contributed by atoms with E-state index in [0.29, 0.717) is 11.7 Å². The van der Waals surface area contributed by atoms with E-state index in [2.05, 4.69) is 11.8 Å². The standard InChI is InChI=1S/C13H18N2O2/c1-2-9-4-3-7-15(9)10-5-6-12(14)11(8-10)13(16)17/h5-6,8-9H,2-4,7,14H2,1H3,(H,16,17). The Labute approximate surface area is 101 Å². The van der Waals surface area contributed by atoms with Crippen LogP contribution in [0.4, 0.5) is 11.4 Å². The third-order valence-corrected chi connectivity index (χ3v) is 3.45. The molecule has 4 heteroatoms. The molecule has 1 fully saturated rings. The molecule has 0 amide bonds. The predicted molar refractivity (Wildman–Crippen MR) is 68.5 cm³/mol. The van der Waals surface area contributed by atoms with Crippen molar-refractivity contribution in [2.75, 3.05) is 17.2 Å². The molecule has 1 heterocycles. The summed E-state index contributed by atoms with van der Waals surface area (Å²) in [6.07, 6.45) is 3.45. The molecule has 1 saturated heterocycles. The van der Waals surface area contributed by atoms with E-state index in [1.807, 2.05) is 6.07 Å². The minimum Gasteiger partial charge on any atom is -0.478 e. The zero-order valence-electron chi connectivity index (χ0n) is 10.0. The maximum absolute atomic E-state index is 11.0. The molecule has 4 nitrogen and oxygen atoms in total. The van der Waals surface area contributed by atoms with Gasteiger partial charge in [-0.1, -0.05) is 6.92 Å². The Bertz CT molecular complexity index is 431. The molecule has 1 unspecified atom stereocenters. The van der Waals surface area contributed by atoms with Crippen molar-refractivity contribution in [2.45, 2.75) is 32.2 Å². The lowest BCUT2D eigenvalue weighted by Gasteiger charge is -2.26. The quantitative estimate of drug-likeness (QED) is 0.788. The number of anilines is 2. The number of hydrogen-bond acceptors (Lipinski definition) is 3. The summed E-state index contributed by atoms with van der Waals surface area (Å²) in [5, 5.41) is 9.06. The lowest BCUT2D eigenvalue weighted by atomic mass is 10.1. The maximum Gasteiger partial charge on any atom is 0.337 e. The van der Waals surface area contributed by atoms with Crippen LogP contribution in [-0.4, -0.2) is 23.7 Å². The van der Waals surface area contributed by atoms with Gasteiger partial charge in [-0.2, -0.15) is 0 Å². The molecule has 0 bridgehead atoms. The highest BCUT2D eigenvalue weighted by molar-refractivity contribution is 5.94. The summed E-state index contributed by atoms with van der Waals surface area (Å²) in [6.45, 7) is 3.17. The van der Waals surface area contributed by atoms with Gasteiger partial charge in [0, 0.05) is 24.0 Å². The predicted octanol–water partition coefficient (Wildman–Crippen LogP) is 2.35. The summed E-state index contributed by atoms with van der Waals surface area (Å²) in [6, 6.07) is 5.81. The van der Waals surface area contributed by atoms with Gasteiger partial charge >= 0.3 is 5.97 Å². The van der Waals surface area contributed by atoms with Crippen molar-refractivity contribution in [1.29, 1.82) is 0 Å². The third-order valence-electron chi connectivity index (χ3n) is 3.45. The average Bonchev–Trinajstić information content (AvgIpc) is 2.77. The summed E-state index contributed by atoms with van der Waals surface area (Å²) >= 11 is 0. The molecule has 1 aliphatic rings. The molecule has 0 radical (unpaired) electrons. The van der Waals surface area contributed by atoms with E-state index in [4.69, 9.17) is 10.8 Å². The Morgan fingerprint density at radius 1 is 1.59 bits per heavy atom. The van der Waals surface area contributed by atoms with Crippen LogP contribution in [0.1, 0.15) is 36.5 Å². The number of hydrogen-bond donors (Lipinski definition) is 2. The first-order chi connectivity index (χ1) is 8.13. The number of aromatic carboxylic acids is 1. The van der Waals surface area contributed by atoms with E-state index in [-0.39, 0.29) is 5.56 Å². The summed E-state index contributed by atoms with van der Waals surface area (Å²) < 4.78 is 0. The van der Waals surface area contributed by atoms with Gasteiger partial charge < -0.3 is 15.7 Å². The van der Waals surface area contributed by atoms with Crippen molar-refractivity contribution in [2.24, 2.45) is 0 Å². The van der Waals surface area contributed by atoms with Crippen LogP contribution in [0.25, 0.3) is 0 Å². The first kappa shape index (κ1) is 11.8. The Morgan fingerprint density at radius 2 is 2.35 bits per heavy atom. The van der Waals surface area contributed by atoms with Crippen LogP contribution in [0.3, 0.4) is 0 Å². The van der Waals surface area contributed by atoms with E-state index in [0.717, 1.165) is 18.7 Å². The van der Waals surface area contributed by atoms with Crippen molar-refractivity contribution in [1.82, 2.24) is 0 Å². The zero-order chi connectivity index (χ0) is 12.4. The van der Waals surface area contributed by atoms with Crippen LogP contribution in [0, 0.1) is 0 Å². The van der Waals surface area contributed by atoms with Crippen LogP contribution in [-0.2, 0) is 0 Å². The molecule has 0 spiro atoms. The molecule has 0 aromatic heterocycles. The minimum atomic E-state index is -0.961. The number of rotatable bonds is 3. The van der Waals surface area contributed by atoms with Crippen LogP contribution in [0.5, 0.6) is 0 Å². The minimum absolute atomic E-state index is 0.198. The highest BCUT2D eigenvalue weighted by Crippen LogP contribution is 2.29. The monoisotopic (exact) mass is 234 g/mol. The van der Waals surface area contributed by atoms with Gasteiger partial charge in [0.25, 0.3) is 0 Å². The number of nitrogens with two attached hydrogens (primary N) is 1. The van der Waals surface area contributed by atoms with Crippen molar-refractivity contribution in [3.63, 3.8) is 0 Å². The van der Waals surface area contributed by atoms with Crippen molar-refractivity contribution in [3.05, 3.63) is 23.8 Å². The second-order valence-electron chi connectivity index (χ2n) is 4.47. The van der Waals surface area contributed by atoms with Gasteiger partial charge in [-0.15, -0.1) is 0 Å². The first-order valence-electron chi connectivity index (χ1n) is 6.03. The molecule has 17 heavy (non-hydrogen) atoms. The van der Waals surface area contributed by atoms with Gasteiger partial charge in [0.15, 0.2) is 0 Å². The van der Waals surface area contributed by atoms with Crippen molar-refractivity contribution in [3.8, 4) is 0 Å². The summed E-state index contributed by atoms with van der Waals surface area (Å²) in [4.78, 5) is 13.3. The topological polar surface area (TPSA) is 66.6 Å². The van der Waals surface area contributed by atoms with Crippen molar-refractivity contribution >= 4 is 17.3 Å². The highest BCUT2D eigenvalue weighted by Gasteiger charge is 2.24. The Kier molecular flexibility index (Phi) is 3.22. The fourth-order valence-electron chi connectivity index (χ4n) is 2.51. The molecule has 1 aliphatic heterocycles. The number of carbonyl (C=O) groups is 1. The van der Waals surface area contributed by atoms with Gasteiger partial charge in [-0.05, 0) is 37.5 Å². The molecule has 2 rings (SSSR count). The van der Waals surface area contributed by atoms with Gasteiger partial charge in [0.1, 0.15) is 0 Å². The number of nitrogens with zero attached hydrogens (tertiary/aromatic N) is 1. The fraction of sp³-hybridized carbons (Fsp3) is 0.462. The van der Waals surface area contributed by atoms with Gasteiger partial charge in [0.2, 0.25) is 0 Å². The number of nitrogen functional groups attached to an aromatic ring is 1. The highest BCUT2D eigenvalue weighted by atomic mass is 16.4. The Morgan fingerprint density at radius 3 is 3.00 bits per heavy atom. The Balaban J connectivity index is 2.33. The molecule has 92 valence electrons. The fourth-order valence-corrected chi connectivity index (χ4v) is 2.51. The van der Waals surface area contributed by atoms with Gasteiger partial charge in [0.05, 0.1) is 5.56 Å². The number of benzene rings is 1. The molecule has 0 aliphatic carbocycles.